The van der Waals surface area contributed by atoms with E-state index in [1.165, 1.54) is 19.1 Å². The molecule has 0 bridgehead atoms. The molecule has 4 aromatic heterocycles. The number of aryl methyl sites for hydroxylation is 1. The number of hydrogen-bond acceptors (Lipinski definition) is 9. The summed E-state index contributed by atoms with van der Waals surface area (Å²) in [4.78, 5) is 13.7. The number of aromatic amines is 2. The quantitative estimate of drug-likeness (QED) is 0.145. The minimum Gasteiger partial charge on any atom is -0.440 e. The number of likely N-dealkylation sites (tertiary alicyclic amines) is 2. The maximum atomic E-state index is 13.6. The van der Waals surface area contributed by atoms with E-state index >= 15 is 0 Å². The molecule has 11 nitrogen and oxygen atoms in total. The van der Waals surface area contributed by atoms with Crippen LogP contribution in [-0.2, 0) is 6.18 Å². The van der Waals surface area contributed by atoms with Gasteiger partial charge >= 0.3 is 6.18 Å². The smallest absolute Gasteiger partial charge is 0.416 e. The number of rotatable bonds is 8. The molecule has 2 saturated heterocycles. The fourth-order valence-electron chi connectivity index (χ4n) is 7.88. The first kappa shape index (κ1) is 34.9. The van der Waals surface area contributed by atoms with Gasteiger partial charge in [0.2, 0.25) is 0 Å². The highest BCUT2D eigenvalue weighted by molar-refractivity contribution is 6.00. The Bertz CT molecular complexity index is 2270. The number of nitrogens with one attached hydrogen (secondary N) is 3. The van der Waals surface area contributed by atoms with Crippen molar-refractivity contribution < 1.29 is 17.9 Å². The number of halogens is 3. The number of nitrogens with zero attached hydrogens (tertiary/aromatic N) is 7. The highest BCUT2D eigenvalue weighted by Gasteiger charge is 2.33. The van der Waals surface area contributed by atoms with Crippen molar-refractivity contribution in [2.75, 3.05) is 57.5 Å². The Morgan fingerprint density at radius 3 is 2.42 bits per heavy atom. The minimum atomic E-state index is -4.45. The summed E-state index contributed by atoms with van der Waals surface area (Å²) in [6.07, 6.45) is 1.71. The van der Waals surface area contributed by atoms with Crippen LogP contribution >= 0.6 is 0 Å². The second kappa shape index (κ2) is 14.0. The lowest BCUT2D eigenvalue weighted by molar-refractivity contribution is -0.138. The van der Waals surface area contributed by atoms with Crippen LogP contribution in [0.25, 0.3) is 44.3 Å². The minimum absolute atomic E-state index is 0.110. The third-order valence-corrected chi connectivity index (χ3v) is 10.6. The van der Waals surface area contributed by atoms with Crippen molar-refractivity contribution in [2.45, 2.75) is 50.9 Å². The summed E-state index contributed by atoms with van der Waals surface area (Å²) in [5.74, 6) is 2.34. The number of aromatic nitrogens is 6. The number of para-hydroxylation sites is 1. The molecule has 6 aromatic rings. The Kier molecular flexibility index (Phi) is 9.19. The largest absolute Gasteiger partial charge is 0.440 e. The van der Waals surface area contributed by atoms with E-state index in [1.54, 1.807) is 0 Å². The van der Waals surface area contributed by atoms with E-state index in [1.807, 2.05) is 42.6 Å². The molecule has 3 N–H and O–H groups in total. The summed E-state index contributed by atoms with van der Waals surface area (Å²) in [6.45, 7) is 5.39. The van der Waals surface area contributed by atoms with Crippen LogP contribution in [0.15, 0.2) is 60.8 Å². The molecule has 0 amide bonds. The molecule has 276 valence electrons. The molecule has 8 rings (SSSR count). The van der Waals surface area contributed by atoms with Crippen LogP contribution in [0.1, 0.15) is 36.8 Å². The number of piperidine rings is 2. The number of H-pyrrole nitrogens is 2. The monoisotopic (exact) mass is 724 g/mol. The summed E-state index contributed by atoms with van der Waals surface area (Å²) in [6, 6.07) is 16.1. The lowest BCUT2D eigenvalue weighted by atomic mass is 10.0. The van der Waals surface area contributed by atoms with Crippen molar-refractivity contribution in [2.24, 2.45) is 0 Å². The van der Waals surface area contributed by atoms with E-state index in [0.717, 1.165) is 80.2 Å². The average Bonchev–Trinajstić information content (AvgIpc) is 3.79. The number of benzene rings is 2. The Hall–Kier alpha value is -5.21. The zero-order chi connectivity index (χ0) is 36.9. The van der Waals surface area contributed by atoms with Crippen LogP contribution < -0.4 is 15.0 Å². The molecule has 2 aromatic carbocycles. The van der Waals surface area contributed by atoms with Crippen molar-refractivity contribution in [3.05, 3.63) is 71.9 Å². The molecule has 6 heterocycles. The molecule has 0 unspecified atom stereocenters. The number of hydrogen-bond donors (Lipinski definition) is 3. The van der Waals surface area contributed by atoms with Gasteiger partial charge in [0.15, 0.2) is 17.5 Å². The van der Waals surface area contributed by atoms with Gasteiger partial charge in [0.25, 0.3) is 0 Å². The van der Waals surface area contributed by atoms with Crippen LogP contribution in [0, 0.1) is 6.92 Å². The third kappa shape index (κ3) is 6.88. The van der Waals surface area contributed by atoms with Gasteiger partial charge in [-0.05, 0) is 95.7 Å². The summed E-state index contributed by atoms with van der Waals surface area (Å²) >= 11 is 0. The van der Waals surface area contributed by atoms with Gasteiger partial charge in [-0.2, -0.15) is 13.2 Å². The molecule has 0 saturated carbocycles. The maximum absolute atomic E-state index is 13.6. The van der Waals surface area contributed by atoms with Gasteiger partial charge in [-0.1, -0.05) is 18.2 Å². The first-order valence-corrected chi connectivity index (χ1v) is 18.1. The van der Waals surface area contributed by atoms with Gasteiger partial charge in [0.05, 0.1) is 16.6 Å². The first-order valence-electron chi connectivity index (χ1n) is 18.1. The molecule has 2 fully saturated rings. The summed E-state index contributed by atoms with van der Waals surface area (Å²) < 4.78 is 47.5. The van der Waals surface area contributed by atoms with Gasteiger partial charge in [0, 0.05) is 66.4 Å². The van der Waals surface area contributed by atoms with E-state index in [9.17, 15) is 13.2 Å². The summed E-state index contributed by atoms with van der Waals surface area (Å²) in [5.41, 5.74) is 3.40. The predicted octanol–water partition coefficient (Wildman–Crippen LogP) is 7.72. The second-order valence-corrected chi connectivity index (χ2v) is 14.5. The van der Waals surface area contributed by atoms with E-state index in [2.05, 4.69) is 61.3 Å². The molecule has 0 radical (unpaired) electrons. The van der Waals surface area contributed by atoms with Crippen LogP contribution in [-0.4, -0.2) is 99.6 Å². The lowest BCUT2D eigenvalue weighted by Crippen LogP contribution is -2.45. The number of anilines is 2. The number of fused-ring (bicyclic) bond motifs is 2. The Morgan fingerprint density at radius 2 is 1.64 bits per heavy atom. The standard InChI is InChI=1S/C39H43F3N10O/c1-23-19-24(13-14-30(23)39(40,41)42)33-29-20-32(45-35(29)37(48-46-33)44-25-9-7-17-50(2)21-25)53-31-12-6-5-11-27(31)34-28-15-16-43-36(28)38(49-47-34)52(4)26-10-8-18-51(3)22-26/h5-6,11-16,19-20,25-26,43,45H,7-10,17-18,21-22H2,1-4H3,(H,44,48)/t25-,26-/m1/s1. The van der Waals surface area contributed by atoms with Crippen molar-refractivity contribution >= 4 is 33.4 Å². The van der Waals surface area contributed by atoms with Crippen molar-refractivity contribution in [1.82, 2.24) is 40.2 Å². The third-order valence-electron chi connectivity index (χ3n) is 10.6. The molecule has 2 aliphatic heterocycles. The molecule has 2 aliphatic rings. The molecule has 2 atom stereocenters. The van der Waals surface area contributed by atoms with Gasteiger partial charge in [0.1, 0.15) is 17.1 Å². The zero-order valence-corrected chi connectivity index (χ0v) is 30.3. The van der Waals surface area contributed by atoms with Crippen LogP contribution in [0.4, 0.5) is 24.8 Å². The fourth-order valence-corrected chi connectivity index (χ4v) is 7.88. The van der Waals surface area contributed by atoms with Crippen molar-refractivity contribution in [1.29, 1.82) is 0 Å². The van der Waals surface area contributed by atoms with Gasteiger partial charge in [-0.25, -0.2) is 0 Å². The average molecular weight is 725 g/mol. The fraction of sp³-hybridized carbons (Fsp3) is 0.385. The summed E-state index contributed by atoms with van der Waals surface area (Å²) in [7, 11) is 6.33. The van der Waals surface area contributed by atoms with E-state index in [0.29, 0.717) is 51.3 Å². The van der Waals surface area contributed by atoms with Gasteiger partial charge in [-0.3, -0.25) is 0 Å². The lowest BCUT2D eigenvalue weighted by Gasteiger charge is -2.36. The Balaban J connectivity index is 1.17. The van der Waals surface area contributed by atoms with Crippen LogP contribution in [0.3, 0.4) is 0 Å². The summed E-state index contributed by atoms with van der Waals surface area (Å²) in [5, 5.41) is 23.8. The van der Waals surface area contributed by atoms with E-state index in [-0.39, 0.29) is 11.6 Å². The first-order chi connectivity index (χ1) is 25.5. The second-order valence-electron chi connectivity index (χ2n) is 14.5. The Labute approximate surface area is 305 Å². The zero-order valence-electron chi connectivity index (χ0n) is 30.3. The number of alkyl halides is 3. The predicted molar refractivity (Wildman–Crippen MR) is 202 cm³/mol. The molecule has 0 aliphatic carbocycles. The number of ether oxygens (including phenoxy) is 1. The normalized spacial score (nSPS) is 18.8. The molecule has 14 heteroatoms. The highest BCUT2D eigenvalue weighted by atomic mass is 19.4. The SMILES string of the molecule is Cc1cc(-c2nnc(N[C@@H]3CCCN(C)C3)c3[nH]c(Oc4ccccc4-c4nnc(N(C)[C@@H]5CCCN(C)C5)c5[nH]ccc45)cc23)ccc1C(F)(F)F. The molecular formula is C39H43F3N10O. The molecular weight excluding hydrogens is 681 g/mol. The van der Waals surface area contributed by atoms with Crippen molar-refractivity contribution in [3.8, 4) is 34.1 Å². The van der Waals surface area contributed by atoms with Gasteiger partial charge in [-0.15, -0.1) is 20.4 Å². The number of likely N-dealkylation sites (N-methyl/N-ethyl adjacent to an activating group) is 3. The van der Waals surface area contributed by atoms with Gasteiger partial charge < -0.3 is 34.7 Å². The highest BCUT2D eigenvalue weighted by Crippen LogP contribution is 2.41. The van der Waals surface area contributed by atoms with Crippen LogP contribution in [0.5, 0.6) is 11.6 Å². The Morgan fingerprint density at radius 1 is 0.868 bits per heavy atom. The van der Waals surface area contributed by atoms with E-state index in [4.69, 9.17) is 14.9 Å². The van der Waals surface area contributed by atoms with E-state index < -0.39 is 11.7 Å². The maximum Gasteiger partial charge on any atom is 0.416 e. The van der Waals surface area contributed by atoms with Crippen molar-refractivity contribution in [3.63, 3.8) is 0 Å². The molecule has 0 spiro atoms. The topological polar surface area (TPSA) is 114 Å². The molecule has 53 heavy (non-hydrogen) atoms. The van der Waals surface area contributed by atoms with Crippen LogP contribution in [0.2, 0.25) is 0 Å².